The van der Waals surface area contributed by atoms with Gasteiger partial charge in [-0.05, 0) is 17.5 Å². The molecular formula is C11H7NOS2. The summed E-state index contributed by atoms with van der Waals surface area (Å²) in [5.74, 6) is 0. The van der Waals surface area contributed by atoms with E-state index >= 15 is 0 Å². The fraction of sp³-hybridized carbons (Fsp3) is 0. The number of aliphatic imine (C=N–C) groups is 1. The molecule has 0 aliphatic carbocycles. The van der Waals surface area contributed by atoms with Gasteiger partial charge in [-0.15, -0.1) is 11.3 Å². The lowest BCUT2D eigenvalue weighted by Crippen LogP contribution is -2.01. The van der Waals surface area contributed by atoms with Crippen LogP contribution < -0.4 is 0 Å². The minimum atomic E-state index is -1.09. The lowest BCUT2D eigenvalue weighted by Gasteiger charge is -2.08. The monoisotopic (exact) mass is 233 g/mol. The second-order valence-electron chi connectivity index (χ2n) is 3.14. The molecule has 0 bridgehead atoms. The molecule has 74 valence electrons. The molecule has 1 aliphatic rings. The van der Waals surface area contributed by atoms with Gasteiger partial charge in [0, 0.05) is 17.2 Å². The Morgan fingerprint density at radius 2 is 2.00 bits per heavy atom. The van der Waals surface area contributed by atoms with Gasteiger partial charge in [0.15, 0.2) is 9.79 Å². The van der Waals surface area contributed by atoms with E-state index in [2.05, 4.69) is 4.99 Å². The van der Waals surface area contributed by atoms with Crippen LogP contribution in [-0.2, 0) is 11.2 Å². The van der Waals surface area contributed by atoms with E-state index in [0.717, 1.165) is 20.4 Å². The number of para-hydroxylation sites is 1. The van der Waals surface area contributed by atoms with Crippen LogP contribution in [0.4, 0.5) is 5.69 Å². The summed E-state index contributed by atoms with van der Waals surface area (Å²) in [7, 11) is 0. The Morgan fingerprint density at radius 1 is 1.13 bits per heavy atom. The van der Waals surface area contributed by atoms with E-state index in [9.17, 15) is 4.55 Å². The topological polar surface area (TPSA) is 35.4 Å². The van der Waals surface area contributed by atoms with E-state index in [1.165, 1.54) is 0 Å². The summed E-state index contributed by atoms with van der Waals surface area (Å²) >= 11 is 0.480. The van der Waals surface area contributed by atoms with Gasteiger partial charge in [-0.2, -0.15) is 0 Å². The van der Waals surface area contributed by atoms with Crippen molar-refractivity contribution in [1.82, 2.24) is 0 Å². The third-order valence-corrected chi connectivity index (χ3v) is 4.72. The van der Waals surface area contributed by atoms with Crippen molar-refractivity contribution in [1.29, 1.82) is 0 Å². The molecule has 0 spiro atoms. The van der Waals surface area contributed by atoms with Gasteiger partial charge in [0.2, 0.25) is 0 Å². The van der Waals surface area contributed by atoms with Crippen molar-refractivity contribution in [2.45, 2.75) is 9.79 Å². The van der Waals surface area contributed by atoms with Crippen molar-refractivity contribution in [2.75, 3.05) is 0 Å². The first-order chi connectivity index (χ1) is 7.36. The number of hydrogen-bond donors (Lipinski definition) is 0. The summed E-state index contributed by atoms with van der Waals surface area (Å²) in [4.78, 5) is 7.00. The zero-order chi connectivity index (χ0) is 10.3. The summed E-state index contributed by atoms with van der Waals surface area (Å²) in [6, 6.07) is 9.47. The Labute approximate surface area is 94.5 Å². The fourth-order valence-electron chi connectivity index (χ4n) is 1.52. The number of nitrogens with zero attached hydrogens (tertiary/aromatic N) is 1. The molecule has 15 heavy (non-hydrogen) atoms. The molecule has 2 heterocycles. The molecule has 1 aliphatic heterocycles. The standard InChI is InChI=1S/C11H7NOS2/c13-15-10-4-2-1-3-8(10)12-7-9-11(15)5-6-14-9/h1-7H. The highest BCUT2D eigenvalue weighted by Gasteiger charge is 2.24. The molecule has 0 amide bonds. The van der Waals surface area contributed by atoms with Crippen LogP contribution in [0.3, 0.4) is 0 Å². The summed E-state index contributed by atoms with van der Waals surface area (Å²) in [5, 5.41) is 1.95. The first-order valence-electron chi connectivity index (χ1n) is 4.48. The molecule has 2 nitrogen and oxygen atoms in total. The van der Waals surface area contributed by atoms with E-state index in [1.54, 1.807) is 17.6 Å². The van der Waals surface area contributed by atoms with Crippen LogP contribution in [0.2, 0.25) is 0 Å². The van der Waals surface area contributed by atoms with Gasteiger partial charge in [0.05, 0.1) is 6.21 Å². The van der Waals surface area contributed by atoms with Crippen LogP contribution in [0.5, 0.6) is 0 Å². The average molecular weight is 233 g/mol. The highest BCUT2D eigenvalue weighted by molar-refractivity contribution is 7.92. The lowest BCUT2D eigenvalue weighted by atomic mass is 10.3. The molecule has 0 N–H and O–H groups in total. The maximum absolute atomic E-state index is 12.2. The highest BCUT2D eigenvalue weighted by atomic mass is 32.2. The van der Waals surface area contributed by atoms with E-state index in [1.807, 2.05) is 35.7 Å². The molecule has 0 fully saturated rings. The van der Waals surface area contributed by atoms with Crippen LogP contribution >= 0.6 is 11.3 Å². The largest absolute Gasteiger partial charge is 0.606 e. The number of thiophene rings is 1. The second-order valence-corrected chi connectivity index (χ2v) is 5.51. The van der Waals surface area contributed by atoms with E-state index in [-0.39, 0.29) is 0 Å². The third kappa shape index (κ3) is 1.42. The molecule has 1 atom stereocenters. The smallest absolute Gasteiger partial charge is 0.184 e. The molecule has 0 saturated carbocycles. The minimum Gasteiger partial charge on any atom is -0.606 e. The van der Waals surface area contributed by atoms with Crippen LogP contribution in [0.1, 0.15) is 4.88 Å². The summed E-state index contributed by atoms with van der Waals surface area (Å²) in [6.07, 6.45) is 1.80. The van der Waals surface area contributed by atoms with E-state index in [4.69, 9.17) is 0 Å². The average Bonchev–Trinajstić information content (AvgIpc) is 2.69. The molecule has 0 radical (unpaired) electrons. The van der Waals surface area contributed by atoms with Gasteiger partial charge in [-0.3, -0.25) is 0 Å². The fourth-order valence-corrected chi connectivity index (χ4v) is 3.81. The first kappa shape index (κ1) is 9.15. The van der Waals surface area contributed by atoms with Crippen LogP contribution in [0, 0.1) is 0 Å². The lowest BCUT2D eigenvalue weighted by molar-refractivity contribution is 0.596. The maximum Gasteiger partial charge on any atom is 0.184 e. The molecule has 1 aromatic carbocycles. The van der Waals surface area contributed by atoms with Gasteiger partial charge in [0.25, 0.3) is 0 Å². The third-order valence-electron chi connectivity index (χ3n) is 2.24. The number of hydrogen-bond acceptors (Lipinski definition) is 3. The van der Waals surface area contributed by atoms with Crippen molar-refractivity contribution < 1.29 is 4.55 Å². The van der Waals surface area contributed by atoms with Crippen molar-refractivity contribution >= 4 is 34.4 Å². The van der Waals surface area contributed by atoms with E-state index in [0.29, 0.717) is 0 Å². The van der Waals surface area contributed by atoms with Crippen LogP contribution in [0.15, 0.2) is 50.5 Å². The van der Waals surface area contributed by atoms with Gasteiger partial charge in [0.1, 0.15) is 10.6 Å². The van der Waals surface area contributed by atoms with Crippen LogP contribution in [0.25, 0.3) is 0 Å². The quantitative estimate of drug-likeness (QED) is 0.644. The summed E-state index contributed by atoms with van der Waals surface area (Å²) in [5.41, 5.74) is 0.805. The predicted octanol–water partition coefficient (Wildman–Crippen LogP) is 2.98. The number of rotatable bonds is 0. The van der Waals surface area contributed by atoms with Crippen molar-refractivity contribution in [3.63, 3.8) is 0 Å². The molecule has 4 heteroatoms. The normalized spacial score (nSPS) is 18.1. The first-order valence-corrected chi connectivity index (χ1v) is 6.51. The molecule has 2 aromatic rings. The molecular weight excluding hydrogens is 226 g/mol. The Kier molecular flexibility index (Phi) is 2.12. The van der Waals surface area contributed by atoms with E-state index < -0.39 is 11.2 Å². The van der Waals surface area contributed by atoms with Crippen LogP contribution in [-0.4, -0.2) is 10.8 Å². The SMILES string of the molecule is [O-][S+]1c2ccccc2N=Cc2sccc21. The summed E-state index contributed by atoms with van der Waals surface area (Å²) in [6.45, 7) is 0. The number of benzene rings is 1. The van der Waals surface area contributed by atoms with Crippen molar-refractivity contribution in [2.24, 2.45) is 4.99 Å². The zero-order valence-corrected chi connectivity index (χ0v) is 9.35. The Morgan fingerprint density at radius 3 is 2.93 bits per heavy atom. The molecule has 1 aromatic heterocycles. The highest BCUT2D eigenvalue weighted by Crippen LogP contribution is 2.35. The Balaban J connectivity index is 2.26. The predicted molar refractivity (Wildman–Crippen MR) is 62.7 cm³/mol. The number of fused-ring (bicyclic) bond motifs is 2. The second kappa shape index (κ2) is 3.48. The molecule has 3 rings (SSSR count). The molecule has 0 saturated heterocycles. The molecule has 1 unspecified atom stereocenters. The van der Waals surface area contributed by atoms with Gasteiger partial charge in [-0.1, -0.05) is 12.1 Å². The van der Waals surface area contributed by atoms with Gasteiger partial charge < -0.3 is 4.55 Å². The van der Waals surface area contributed by atoms with Gasteiger partial charge >= 0.3 is 0 Å². The summed E-state index contributed by atoms with van der Waals surface area (Å²) < 4.78 is 12.2. The Hall–Kier alpha value is -1.10. The minimum absolute atomic E-state index is 0.797. The zero-order valence-electron chi connectivity index (χ0n) is 7.71. The maximum atomic E-state index is 12.2. The van der Waals surface area contributed by atoms with Crippen molar-refractivity contribution in [3.8, 4) is 0 Å². The van der Waals surface area contributed by atoms with Crippen molar-refractivity contribution in [3.05, 3.63) is 40.6 Å². The van der Waals surface area contributed by atoms with Gasteiger partial charge in [-0.25, -0.2) is 4.99 Å². The Bertz CT molecular complexity index is 533.